The fourth-order valence-electron chi connectivity index (χ4n) is 1.37. The molecule has 0 saturated carbocycles. The van der Waals surface area contributed by atoms with Crippen molar-refractivity contribution >= 4 is 29.3 Å². The van der Waals surface area contributed by atoms with Crippen molar-refractivity contribution in [3.63, 3.8) is 0 Å². The first-order chi connectivity index (χ1) is 8.13. The Kier molecular flexibility index (Phi) is 5.56. The van der Waals surface area contributed by atoms with Gasteiger partial charge in [-0.3, -0.25) is 9.59 Å². The smallest absolute Gasteiger partial charge is 0.313 e. The summed E-state index contributed by atoms with van der Waals surface area (Å²) in [7, 11) is 0. The SMILES string of the molecule is CCc1ccccc1NC(=O)CSCC(=O)O. The van der Waals surface area contributed by atoms with E-state index in [0.717, 1.165) is 29.4 Å². The predicted octanol–water partition coefficient (Wildman–Crippen LogP) is 2.01. The minimum atomic E-state index is -0.906. The predicted molar refractivity (Wildman–Crippen MR) is 69.4 cm³/mol. The third-order valence-corrected chi connectivity index (χ3v) is 3.05. The molecule has 0 atom stereocenters. The van der Waals surface area contributed by atoms with E-state index in [0.29, 0.717) is 0 Å². The van der Waals surface area contributed by atoms with Crippen LogP contribution in [0.5, 0.6) is 0 Å². The summed E-state index contributed by atoms with van der Waals surface area (Å²) < 4.78 is 0. The fourth-order valence-corrected chi connectivity index (χ4v) is 1.90. The average molecular weight is 253 g/mol. The van der Waals surface area contributed by atoms with Crippen LogP contribution in [0.2, 0.25) is 0 Å². The number of thioether (sulfide) groups is 1. The normalized spacial score (nSPS) is 9.94. The Morgan fingerprint density at radius 2 is 2.00 bits per heavy atom. The van der Waals surface area contributed by atoms with Gasteiger partial charge in [-0.2, -0.15) is 0 Å². The molecule has 0 bridgehead atoms. The Morgan fingerprint density at radius 3 is 2.65 bits per heavy atom. The molecule has 0 radical (unpaired) electrons. The molecule has 0 aliphatic rings. The van der Waals surface area contributed by atoms with Crippen LogP contribution in [0.4, 0.5) is 5.69 Å². The molecular formula is C12H15NO3S. The molecule has 0 unspecified atom stereocenters. The maximum atomic E-state index is 11.5. The number of aryl methyl sites for hydroxylation is 1. The van der Waals surface area contributed by atoms with Gasteiger partial charge in [0.2, 0.25) is 5.91 Å². The second-order valence-electron chi connectivity index (χ2n) is 3.45. The molecule has 4 nitrogen and oxygen atoms in total. The first kappa shape index (κ1) is 13.6. The monoisotopic (exact) mass is 253 g/mol. The number of carbonyl (C=O) groups excluding carboxylic acids is 1. The van der Waals surface area contributed by atoms with Gasteiger partial charge in [0, 0.05) is 5.69 Å². The first-order valence-electron chi connectivity index (χ1n) is 5.30. The maximum Gasteiger partial charge on any atom is 0.313 e. The van der Waals surface area contributed by atoms with Gasteiger partial charge in [-0.1, -0.05) is 25.1 Å². The van der Waals surface area contributed by atoms with E-state index in [1.807, 2.05) is 31.2 Å². The van der Waals surface area contributed by atoms with Gasteiger partial charge in [0.1, 0.15) is 0 Å². The molecule has 1 amide bonds. The summed E-state index contributed by atoms with van der Waals surface area (Å²) in [5, 5.41) is 11.2. The molecule has 0 heterocycles. The number of aliphatic carboxylic acids is 1. The molecule has 1 aromatic carbocycles. The summed E-state index contributed by atoms with van der Waals surface area (Å²) in [4.78, 5) is 21.8. The fraction of sp³-hybridized carbons (Fsp3) is 0.333. The molecule has 2 N–H and O–H groups in total. The topological polar surface area (TPSA) is 66.4 Å². The minimum Gasteiger partial charge on any atom is -0.481 e. The van der Waals surface area contributed by atoms with Crippen LogP contribution in [-0.4, -0.2) is 28.5 Å². The van der Waals surface area contributed by atoms with E-state index in [1.165, 1.54) is 0 Å². The number of para-hydroxylation sites is 1. The van der Waals surface area contributed by atoms with Crippen LogP contribution >= 0.6 is 11.8 Å². The number of benzene rings is 1. The third kappa shape index (κ3) is 4.91. The van der Waals surface area contributed by atoms with Crippen molar-refractivity contribution in [2.45, 2.75) is 13.3 Å². The lowest BCUT2D eigenvalue weighted by Gasteiger charge is -2.08. The van der Waals surface area contributed by atoms with Crippen LogP contribution in [0, 0.1) is 0 Å². The summed E-state index contributed by atoms with van der Waals surface area (Å²) in [5.41, 5.74) is 1.88. The van der Waals surface area contributed by atoms with Crippen molar-refractivity contribution in [1.29, 1.82) is 0 Å². The Labute approximate surface area is 104 Å². The summed E-state index contributed by atoms with van der Waals surface area (Å²) >= 11 is 1.09. The van der Waals surface area contributed by atoms with Crippen LogP contribution in [0.15, 0.2) is 24.3 Å². The quantitative estimate of drug-likeness (QED) is 0.813. The van der Waals surface area contributed by atoms with E-state index >= 15 is 0 Å². The van der Waals surface area contributed by atoms with Gasteiger partial charge in [0.05, 0.1) is 11.5 Å². The molecule has 92 valence electrons. The molecule has 0 aromatic heterocycles. The van der Waals surface area contributed by atoms with Gasteiger partial charge in [-0.05, 0) is 18.1 Å². The van der Waals surface area contributed by atoms with Crippen LogP contribution in [0.25, 0.3) is 0 Å². The molecule has 1 rings (SSSR count). The van der Waals surface area contributed by atoms with Crippen molar-refractivity contribution in [2.75, 3.05) is 16.8 Å². The van der Waals surface area contributed by atoms with Gasteiger partial charge < -0.3 is 10.4 Å². The summed E-state index contributed by atoms with van der Waals surface area (Å²) in [6.07, 6.45) is 0.846. The summed E-state index contributed by atoms with van der Waals surface area (Å²) in [6, 6.07) is 7.59. The second-order valence-corrected chi connectivity index (χ2v) is 4.43. The first-order valence-corrected chi connectivity index (χ1v) is 6.46. The molecule has 0 fully saturated rings. The summed E-state index contributed by atoms with van der Waals surface area (Å²) in [5.74, 6) is -0.971. The van der Waals surface area contributed by atoms with Gasteiger partial charge in [0.15, 0.2) is 0 Å². The zero-order chi connectivity index (χ0) is 12.7. The number of nitrogens with one attached hydrogen (secondary N) is 1. The third-order valence-electron chi connectivity index (χ3n) is 2.13. The van der Waals surface area contributed by atoms with Gasteiger partial charge in [0.25, 0.3) is 0 Å². The van der Waals surface area contributed by atoms with Gasteiger partial charge in [-0.25, -0.2) is 0 Å². The Hall–Kier alpha value is -1.49. The molecule has 1 aromatic rings. The highest BCUT2D eigenvalue weighted by Gasteiger charge is 2.06. The highest BCUT2D eigenvalue weighted by Crippen LogP contribution is 2.15. The molecule has 0 spiro atoms. The maximum absolute atomic E-state index is 11.5. The highest BCUT2D eigenvalue weighted by molar-refractivity contribution is 8.00. The van der Waals surface area contributed by atoms with E-state index in [9.17, 15) is 9.59 Å². The lowest BCUT2D eigenvalue weighted by molar-refractivity contribution is -0.133. The van der Waals surface area contributed by atoms with Crippen LogP contribution in [0.1, 0.15) is 12.5 Å². The molecular weight excluding hydrogens is 238 g/mol. The minimum absolute atomic E-state index is 0.0527. The van der Waals surface area contributed by atoms with E-state index in [2.05, 4.69) is 5.32 Å². The Balaban J connectivity index is 2.47. The molecule has 17 heavy (non-hydrogen) atoms. The number of carboxylic acids is 1. The molecule has 5 heteroatoms. The van der Waals surface area contributed by atoms with Gasteiger partial charge >= 0.3 is 5.97 Å². The number of carboxylic acid groups (broad SMARTS) is 1. The molecule has 0 aliphatic heterocycles. The Bertz CT molecular complexity index is 406. The zero-order valence-corrected chi connectivity index (χ0v) is 10.4. The van der Waals surface area contributed by atoms with Crippen molar-refractivity contribution in [3.8, 4) is 0 Å². The van der Waals surface area contributed by atoms with E-state index in [4.69, 9.17) is 5.11 Å². The highest BCUT2D eigenvalue weighted by atomic mass is 32.2. The number of hydrogen-bond donors (Lipinski definition) is 2. The Morgan fingerprint density at radius 1 is 1.29 bits per heavy atom. The van der Waals surface area contributed by atoms with E-state index < -0.39 is 5.97 Å². The van der Waals surface area contributed by atoms with Crippen molar-refractivity contribution in [1.82, 2.24) is 0 Å². The average Bonchev–Trinajstić information content (AvgIpc) is 2.29. The van der Waals surface area contributed by atoms with Crippen LogP contribution in [0.3, 0.4) is 0 Å². The van der Waals surface area contributed by atoms with Crippen molar-refractivity contribution in [3.05, 3.63) is 29.8 Å². The van der Waals surface area contributed by atoms with E-state index in [1.54, 1.807) is 0 Å². The zero-order valence-electron chi connectivity index (χ0n) is 9.60. The van der Waals surface area contributed by atoms with Crippen molar-refractivity contribution in [2.24, 2.45) is 0 Å². The van der Waals surface area contributed by atoms with Crippen LogP contribution in [-0.2, 0) is 16.0 Å². The largest absolute Gasteiger partial charge is 0.481 e. The van der Waals surface area contributed by atoms with Crippen molar-refractivity contribution < 1.29 is 14.7 Å². The molecule has 0 saturated heterocycles. The van der Waals surface area contributed by atoms with Gasteiger partial charge in [-0.15, -0.1) is 11.8 Å². The van der Waals surface area contributed by atoms with Crippen LogP contribution < -0.4 is 5.32 Å². The lowest BCUT2D eigenvalue weighted by Crippen LogP contribution is -2.16. The lowest BCUT2D eigenvalue weighted by atomic mass is 10.1. The number of anilines is 1. The molecule has 0 aliphatic carbocycles. The summed E-state index contributed by atoms with van der Waals surface area (Å²) in [6.45, 7) is 2.02. The number of hydrogen-bond acceptors (Lipinski definition) is 3. The van der Waals surface area contributed by atoms with E-state index in [-0.39, 0.29) is 17.4 Å². The standard InChI is InChI=1S/C12H15NO3S/c1-2-9-5-3-4-6-10(9)13-11(14)7-17-8-12(15)16/h3-6H,2,7-8H2,1H3,(H,13,14)(H,15,16). The number of carbonyl (C=O) groups is 2. The second kappa shape index (κ2) is 6.96. The number of amides is 1. The number of rotatable bonds is 6.